The number of nitrogens with one attached hydrogen (secondary N) is 1. The summed E-state index contributed by atoms with van der Waals surface area (Å²) in [5, 5.41) is 14.6. The zero-order valence-electron chi connectivity index (χ0n) is 20.7. The molecule has 0 aliphatic carbocycles. The number of aromatic nitrogens is 7. The van der Waals surface area contributed by atoms with Crippen LogP contribution in [0.15, 0.2) is 66.9 Å². The zero-order valence-corrected chi connectivity index (χ0v) is 22.2. The predicted octanol–water partition coefficient (Wildman–Crippen LogP) is 6.14. The minimum atomic E-state index is -0.267. The van der Waals surface area contributed by atoms with Crippen LogP contribution in [-0.2, 0) is 18.8 Å². The second-order valence-corrected chi connectivity index (χ2v) is 9.47. The summed E-state index contributed by atoms with van der Waals surface area (Å²) < 4.78 is 1.92. The van der Waals surface area contributed by atoms with Crippen LogP contribution in [0.4, 0.5) is 0 Å². The van der Waals surface area contributed by atoms with Crippen LogP contribution in [0.5, 0.6) is 0 Å². The zero-order chi connectivity index (χ0) is 26.5. The summed E-state index contributed by atoms with van der Waals surface area (Å²) in [5.74, 6) is 1.38. The van der Waals surface area contributed by atoms with Crippen molar-refractivity contribution in [1.82, 2.24) is 35.2 Å². The SMILES string of the molecule is CCCCc1nc(Cl)c(C(=O)c2ccc(CCl)cn2)n1Cc1ccc(-c2ccccc2-c2nn[nH]n2)cc1. The van der Waals surface area contributed by atoms with E-state index in [2.05, 4.69) is 37.5 Å². The van der Waals surface area contributed by atoms with Gasteiger partial charge in [-0.15, -0.1) is 21.8 Å². The van der Waals surface area contributed by atoms with Gasteiger partial charge in [-0.05, 0) is 40.0 Å². The molecular weight excluding hydrogens is 521 g/mol. The van der Waals surface area contributed by atoms with Gasteiger partial charge >= 0.3 is 0 Å². The fourth-order valence-corrected chi connectivity index (χ4v) is 4.76. The first kappa shape index (κ1) is 25.8. The average Bonchev–Trinajstić information content (AvgIpc) is 3.60. The van der Waals surface area contributed by atoms with Crippen molar-refractivity contribution >= 4 is 29.0 Å². The van der Waals surface area contributed by atoms with Crippen LogP contribution in [0.2, 0.25) is 5.15 Å². The minimum absolute atomic E-state index is 0.190. The molecule has 0 bridgehead atoms. The molecule has 38 heavy (non-hydrogen) atoms. The molecule has 0 amide bonds. The highest BCUT2D eigenvalue weighted by molar-refractivity contribution is 6.33. The third-order valence-electron chi connectivity index (χ3n) is 6.30. The smallest absolute Gasteiger partial charge is 0.230 e. The quantitative estimate of drug-likeness (QED) is 0.167. The van der Waals surface area contributed by atoms with Crippen molar-refractivity contribution in [2.24, 2.45) is 0 Å². The Kier molecular flexibility index (Phi) is 7.91. The Bertz CT molecular complexity index is 1530. The van der Waals surface area contributed by atoms with E-state index in [0.29, 0.717) is 29.6 Å². The first-order valence-corrected chi connectivity index (χ1v) is 13.2. The van der Waals surface area contributed by atoms with E-state index in [1.54, 1.807) is 18.3 Å². The Balaban J connectivity index is 1.47. The van der Waals surface area contributed by atoms with Gasteiger partial charge in [-0.3, -0.25) is 9.78 Å². The molecule has 1 N–H and O–H groups in total. The molecule has 5 rings (SSSR count). The Hall–Kier alpha value is -3.88. The summed E-state index contributed by atoms with van der Waals surface area (Å²) in [5.41, 5.74) is 5.40. The summed E-state index contributed by atoms with van der Waals surface area (Å²) in [4.78, 5) is 22.4. The number of imidazole rings is 1. The minimum Gasteiger partial charge on any atom is -0.319 e. The van der Waals surface area contributed by atoms with Crippen LogP contribution < -0.4 is 0 Å². The molecule has 0 aliphatic heterocycles. The van der Waals surface area contributed by atoms with Crippen molar-refractivity contribution in [3.8, 4) is 22.5 Å². The topological polar surface area (TPSA) is 102 Å². The normalized spacial score (nSPS) is 11.1. The summed E-state index contributed by atoms with van der Waals surface area (Å²) in [6.07, 6.45) is 4.27. The average molecular weight is 546 g/mol. The van der Waals surface area contributed by atoms with Crippen LogP contribution >= 0.6 is 23.2 Å². The number of carbonyl (C=O) groups is 1. The molecule has 0 fully saturated rings. The summed E-state index contributed by atoms with van der Waals surface area (Å²) >= 11 is 12.4. The highest BCUT2D eigenvalue weighted by Crippen LogP contribution is 2.30. The highest BCUT2D eigenvalue weighted by atomic mass is 35.5. The van der Waals surface area contributed by atoms with Gasteiger partial charge in [0.05, 0.1) is 0 Å². The molecule has 8 nitrogen and oxygen atoms in total. The first-order valence-electron chi connectivity index (χ1n) is 12.3. The van der Waals surface area contributed by atoms with E-state index in [0.717, 1.165) is 52.9 Å². The fraction of sp³-hybridized carbons (Fsp3) is 0.214. The number of halogens is 2. The van der Waals surface area contributed by atoms with Crippen LogP contribution in [0.1, 0.15) is 52.9 Å². The third kappa shape index (κ3) is 5.37. The number of tetrazole rings is 1. The number of pyridine rings is 1. The van der Waals surface area contributed by atoms with Crippen molar-refractivity contribution < 1.29 is 4.79 Å². The van der Waals surface area contributed by atoms with Crippen LogP contribution in [0, 0.1) is 0 Å². The lowest BCUT2D eigenvalue weighted by atomic mass is 9.98. The van der Waals surface area contributed by atoms with E-state index in [-0.39, 0.29) is 10.9 Å². The van der Waals surface area contributed by atoms with Gasteiger partial charge < -0.3 is 4.57 Å². The molecule has 0 aliphatic rings. The summed E-state index contributed by atoms with van der Waals surface area (Å²) in [7, 11) is 0. The lowest BCUT2D eigenvalue weighted by molar-refractivity contribution is 0.102. The largest absolute Gasteiger partial charge is 0.319 e. The number of rotatable bonds is 10. The summed E-state index contributed by atoms with van der Waals surface area (Å²) in [6.45, 7) is 2.57. The van der Waals surface area contributed by atoms with Gasteiger partial charge in [0.15, 0.2) is 5.15 Å². The molecule has 5 aromatic rings. The number of hydrogen-bond acceptors (Lipinski definition) is 6. The van der Waals surface area contributed by atoms with E-state index < -0.39 is 0 Å². The number of hydrogen-bond donors (Lipinski definition) is 1. The summed E-state index contributed by atoms with van der Waals surface area (Å²) in [6, 6.07) is 19.6. The molecule has 192 valence electrons. The molecule has 0 unspecified atom stereocenters. The number of carbonyl (C=O) groups excluding carboxylic acids is 1. The van der Waals surface area contributed by atoms with Crippen LogP contribution in [0.25, 0.3) is 22.5 Å². The van der Waals surface area contributed by atoms with Crippen molar-refractivity contribution in [2.45, 2.75) is 38.6 Å². The maximum Gasteiger partial charge on any atom is 0.230 e. The molecule has 10 heteroatoms. The van der Waals surface area contributed by atoms with Gasteiger partial charge in [0.2, 0.25) is 11.6 Å². The molecule has 0 saturated heterocycles. The Labute approximate surface area is 230 Å². The van der Waals surface area contributed by atoms with Gasteiger partial charge in [-0.25, -0.2) is 4.98 Å². The molecule has 0 radical (unpaired) electrons. The molecule has 0 atom stereocenters. The second kappa shape index (κ2) is 11.7. The second-order valence-electron chi connectivity index (χ2n) is 8.85. The molecule has 0 saturated carbocycles. The molecule has 3 aromatic heterocycles. The predicted molar refractivity (Wildman–Crippen MR) is 147 cm³/mol. The van der Waals surface area contributed by atoms with Gasteiger partial charge in [0.25, 0.3) is 0 Å². The Morgan fingerprint density at radius 1 is 1.00 bits per heavy atom. The Morgan fingerprint density at radius 3 is 2.42 bits per heavy atom. The number of aryl methyl sites for hydroxylation is 1. The van der Waals surface area contributed by atoms with E-state index in [1.807, 2.05) is 53.1 Å². The fourth-order valence-electron chi connectivity index (χ4n) is 4.32. The molecule has 0 spiro atoms. The van der Waals surface area contributed by atoms with Crippen molar-refractivity contribution in [1.29, 1.82) is 0 Å². The molecular formula is C28H25Cl2N7O. The van der Waals surface area contributed by atoms with E-state index in [4.69, 9.17) is 23.2 Å². The standard InChI is InChI=1S/C28H25Cl2N7O/c1-2-3-8-24-32-27(30)25(26(38)23-14-11-19(15-29)16-31-23)37(24)17-18-9-12-20(13-10-18)21-6-4-5-7-22(21)28-33-35-36-34-28/h4-7,9-14,16H,2-3,8,15,17H2,1H3,(H,33,34,35,36). The number of benzene rings is 2. The number of aromatic amines is 1. The number of alkyl halides is 1. The number of nitrogens with zero attached hydrogens (tertiary/aromatic N) is 6. The highest BCUT2D eigenvalue weighted by Gasteiger charge is 2.24. The van der Waals surface area contributed by atoms with E-state index in [1.165, 1.54) is 0 Å². The van der Waals surface area contributed by atoms with Crippen molar-refractivity contribution in [2.75, 3.05) is 0 Å². The van der Waals surface area contributed by atoms with Gasteiger partial charge in [0, 0.05) is 30.6 Å². The monoisotopic (exact) mass is 545 g/mol. The molecule has 2 aromatic carbocycles. The first-order chi connectivity index (χ1) is 18.6. The molecule has 3 heterocycles. The van der Waals surface area contributed by atoms with Gasteiger partial charge in [-0.1, -0.05) is 79.5 Å². The van der Waals surface area contributed by atoms with Gasteiger partial charge in [-0.2, -0.15) is 5.21 Å². The van der Waals surface area contributed by atoms with Crippen molar-refractivity contribution in [3.05, 3.63) is 100 Å². The van der Waals surface area contributed by atoms with Crippen LogP contribution in [0.3, 0.4) is 0 Å². The lowest BCUT2D eigenvalue weighted by Crippen LogP contribution is -2.15. The van der Waals surface area contributed by atoms with E-state index >= 15 is 0 Å². The third-order valence-corrected chi connectivity index (χ3v) is 6.88. The van der Waals surface area contributed by atoms with Crippen molar-refractivity contribution in [3.63, 3.8) is 0 Å². The van der Waals surface area contributed by atoms with Crippen LogP contribution in [-0.4, -0.2) is 40.9 Å². The number of H-pyrrole nitrogens is 1. The maximum absolute atomic E-state index is 13.5. The van der Waals surface area contributed by atoms with Gasteiger partial charge in [0.1, 0.15) is 17.2 Å². The maximum atomic E-state index is 13.5. The van der Waals surface area contributed by atoms with E-state index in [9.17, 15) is 4.79 Å². The number of ketones is 1. The Morgan fingerprint density at radius 2 is 1.76 bits per heavy atom. The lowest BCUT2D eigenvalue weighted by Gasteiger charge is -2.13. The number of unbranched alkanes of at least 4 members (excludes halogenated alkanes) is 1.